The summed E-state index contributed by atoms with van der Waals surface area (Å²) >= 11 is 0. The molecule has 0 aliphatic carbocycles. The van der Waals surface area contributed by atoms with Crippen LogP contribution < -0.4 is 0 Å². The zero-order chi connectivity index (χ0) is 7.72. The van der Waals surface area contributed by atoms with Gasteiger partial charge in [0.05, 0.1) is 0 Å². The van der Waals surface area contributed by atoms with Crippen molar-refractivity contribution in [2.45, 2.75) is 19.9 Å². The summed E-state index contributed by atoms with van der Waals surface area (Å²) in [6.07, 6.45) is 1.32. The summed E-state index contributed by atoms with van der Waals surface area (Å²) in [4.78, 5) is 0. The van der Waals surface area contributed by atoms with Gasteiger partial charge in [0, 0.05) is 24.5 Å². The minimum atomic E-state index is -0.221. The van der Waals surface area contributed by atoms with Crippen LogP contribution in [0.2, 0.25) is 0 Å². The van der Waals surface area contributed by atoms with Gasteiger partial charge in [-0.25, -0.2) is 0 Å². The molecular weight excluding hydrogens is 132 g/mol. The Morgan fingerprint density at radius 3 is 2.70 bits per heavy atom. The van der Waals surface area contributed by atoms with Gasteiger partial charge < -0.3 is 20.5 Å². The topological polar surface area (TPSA) is 52.6 Å². The molecule has 0 amide bonds. The van der Waals surface area contributed by atoms with E-state index in [1.807, 2.05) is 0 Å². The van der Waals surface area contributed by atoms with Crippen molar-refractivity contribution in [3.63, 3.8) is 0 Å². The Morgan fingerprint density at radius 1 is 1.60 bits per heavy atom. The van der Waals surface area contributed by atoms with E-state index in [1.165, 1.54) is 6.20 Å². The van der Waals surface area contributed by atoms with Gasteiger partial charge >= 0.3 is 0 Å². The molecule has 0 saturated heterocycles. The van der Waals surface area contributed by atoms with E-state index in [1.54, 1.807) is 13.8 Å². The second kappa shape index (κ2) is 2.48. The first kappa shape index (κ1) is 7.37. The molecule has 0 N–H and O–H groups in total. The van der Waals surface area contributed by atoms with E-state index in [4.69, 9.17) is 0 Å². The van der Waals surface area contributed by atoms with Crippen molar-refractivity contribution >= 4 is 0 Å². The molecule has 58 valence electrons. The first-order chi connectivity index (χ1) is 4.61. The number of rotatable bonds is 0. The van der Waals surface area contributed by atoms with E-state index in [9.17, 15) is 10.4 Å². The van der Waals surface area contributed by atoms with Crippen molar-refractivity contribution in [3.8, 4) is 0 Å². The highest BCUT2D eigenvalue weighted by Crippen LogP contribution is 2.13. The van der Waals surface area contributed by atoms with Gasteiger partial charge in [0.25, 0.3) is 0 Å². The molecule has 0 aromatic carbocycles. The van der Waals surface area contributed by atoms with Crippen LogP contribution >= 0.6 is 0 Å². The molecule has 10 heavy (non-hydrogen) atoms. The van der Waals surface area contributed by atoms with Gasteiger partial charge in [0.2, 0.25) is 0 Å². The molecule has 0 fully saturated rings. The Bertz CT molecular complexity index is 158. The number of hydrogen-bond donors (Lipinski definition) is 0. The molecule has 4 nitrogen and oxygen atoms in total. The van der Waals surface area contributed by atoms with Crippen LogP contribution in [0.25, 0.3) is 0 Å². The maximum absolute atomic E-state index is 10.8. The molecule has 1 atom stereocenters. The molecular formula is C6H10N2O2-2. The largest absolute Gasteiger partial charge is 0.758 e. The summed E-state index contributed by atoms with van der Waals surface area (Å²) in [6, 6.07) is -0.221. The lowest BCUT2D eigenvalue weighted by molar-refractivity contribution is 0.270. The fourth-order valence-electron chi connectivity index (χ4n) is 0.840. The number of hydroxylamine groups is 4. The molecule has 4 heteroatoms. The Morgan fingerprint density at radius 2 is 2.20 bits per heavy atom. The van der Waals surface area contributed by atoms with E-state index in [0.29, 0.717) is 5.70 Å². The molecule has 1 aliphatic rings. The molecule has 0 radical (unpaired) electrons. The SMILES string of the molecule is CC1=CN([O-])C(C)CN1[O-]. The van der Waals surface area contributed by atoms with Crippen molar-refractivity contribution in [2.24, 2.45) is 0 Å². The van der Waals surface area contributed by atoms with Gasteiger partial charge in [0.1, 0.15) is 0 Å². The molecule has 0 bridgehead atoms. The third-order valence-corrected chi connectivity index (χ3v) is 1.57. The molecule has 1 rings (SSSR count). The lowest BCUT2D eigenvalue weighted by atomic mass is 10.2. The Balaban J connectivity index is 2.69. The molecule has 1 aliphatic heterocycles. The maximum atomic E-state index is 10.8. The highest BCUT2D eigenvalue weighted by atomic mass is 16.5. The van der Waals surface area contributed by atoms with Crippen LogP contribution in [0.4, 0.5) is 0 Å². The normalized spacial score (nSPS) is 26.8. The van der Waals surface area contributed by atoms with Crippen LogP contribution in [0.1, 0.15) is 13.8 Å². The van der Waals surface area contributed by atoms with Crippen LogP contribution in [0, 0.1) is 10.4 Å². The van der Waals surface area contributed by atoms with Gasteiger partial charge in [-0.05, 0) is 13.8 Å². The van der Waals surface area contributed by atoms with E-state index >= 15 is 0 Å². The molecule has 1 unspecified atom stereocenters. The van der Waals surface area contributed by atoms with Gasteiger partial charge in [-0.1, -0.05) is 0 Å². The van der Waals surface area contributed by atoms with E-state index in [-0.39, 0.29) is 12.6 Å². The Kier molecular flexibility index (Phi) is 1.82. The molecule has 0 saturated carbocycles. The second-order valence-corrected chi connectivity index (χ2v) is 2.54. The summed E-state index contributed by atoms with van der Waals surface area (Å²) in [5.74, 6) is 0. The molecule has 0 aromatic rings. The summed E-state index contributed by atoms with van der Waals surface area (Å²) < 4.78 is 0. The fraction of sp³-hybridized carbons (Fsp3) is 0.667. The Hall–Kier alpha value is -0.740. The minimum Gasteiger partial charge on any atom is -0.758 e. The zero-order valence-corrected chi connectivity index (χ0v) is 6.07. The van der Waals surface area contributed by atoms with Crippen molar-refractivity contribution in [3.05, 3.63) is 22.3 Å². The third-order valence-electron chi connectivity index (χ3n) is 1.57. The van der Waals surface area contributed by atoms with E-state index in [0.717, 1.165) is 10.1 Å². The highest BCUT2D eigenvalue weighted by Gasteiger charge is 2.08. The number of nitrogens with zero attached hydrogens (tertiary/aromatic N) is 2. The van der Waals surface area contributed by atoms with Gasteiger partial charge in [-0.15, -0.1) is 0 Å². The van der Waals surface area contributed by atoms with Crippen molar-refractivity contribution in [2.75, 3.05) is 6.54 Å². The minimum absolute atomic E-state index is 0.221. The number of allylic oxidation sites excluding steroid dienone is 1. The lowest BCUT2D eigenvalue weighted by Gasteiger charge is -2.46. The summed E-state index contributed by atoms with van der Waals surface area (Å²) in [5.41, 5.74) is 0.480. The maximum Gasteiger partial charge on any atom is 0.0311 e. The number of hydrogen-bond acceptors (Lipinski definition) is 4. The van der Waals surface area contributed by atoms with Crippen LogP contribution in [0.3, 0.4) is 0 Å². The summed E-state index contributed by atoms with van der Waals surface area (Å²) in [6.45, 7) is 3.62. The summed E-state index contributed by atoms with van der Waals surface area (Å²) in [7, 11) is 0. The van der Waals surface area contributed by atoms with Crippen LogP contribution in [-0.4, -0.2) is 22.7 Å². The standard InChI is InChI=1S/C6H10N2O2/c1-5-3-8(10)6(2)4-7(5)9/h3,6H,4H2,1-2H3/q-2. The first-order valence-electron chi connectivity index (χ1n) is 3.20. The predicted octanol–water partition coefficient (Wildman–Crippen LogP) is 0.849. The molecule has 0 spiro atoms. The summed E-state index contributed by atoms with van der Waals surface area (Å²) in [5, 5.41) is 23.3. The average Bonchev–Trinajstić information content (AvgIpc) is 1.84. The van der Waals surface area contributed by atoms with Crippen LogP contribution in [0.5, 0.6) is 0 Å². The van der Waals surface area contributed by atoms with Crippen LogP contribution in [0.15, 0.2) is 11.9 Å². The van der Waals surface area contributed by atoms with Gasteiger partial charge in [-0.2, -0.15) is 0 Å². The smallest absolute Gasteiger partial charge is 0.0311 e. The monoisotopic (exact) mass is 142 g/mol. The first-order valence-corrected chi connectivity index (χ1v) is 3.20. The van der Waals surface area contributed by atoms with Crippen molar-refractivity contribution in [1.82, 2.24) is 10.1 Å². The van der Waals surface area contributed by atoms with Crippen molar-refractivity contribution in [1.29, 1.82) is 0 Å². The van der Waals surface area contributed by atoms with E-state index in [2.05, 4.69) is 0 Å². The van der Waals surface area contributed by atoms with E-state index < -0.39 is 0 Å². The molecule has 1 heterocycles. The molecule has 0 aromatic heterocycles. The van der Waals surface area contributed by atoms with Gasteiger partial charge in [-0.3, -0.25) is 0 Å². The zero-order valence-electron chi connectivity index (χ0n) is 6.07. The Labute approximate surface area is 59.9 Å². The average molecular weight is 142 g/mol. The second-order valence-electron chi connectivity index (χ2n) is 2.54. The van der Waals surface area contributed by atoms with Crippen LogP contribution in [-0.2, 0) is 0 Å². The fourth-order valence-corrected chi connectivity index (χ4v) is 0.840. The van der Waals surface area contributed by atoms with Gasteiger partial charge in [0.15, 0.2) is 0 Å². The quantitative estimate of drug-likeness (QED) is 0.503. The third kappa shape index (κ3) is 1.22. The highest BCUT2D eigenvalue weighted by molar-refractivity contribution is 5.04. The lowest BCUT2D eigenvalue weighted by Crippen LogP contribution is -2.38. The predicted molar refractivity (Wildman–Crippen MR) is 38.5 cm³/mol. The van der Waals surface area contributed by atoms with Crippen molar-refractivity contribution < 1.29 is 0 Å².